The molecule has 0 aliphatic carbocycles. The fourth-order valence-corrected chi connectivity index (χ4v) is 1.90. The van der Waals surface area contributed by atoms with Gasteiger partial charge >= 0.3 is 5.97 Å². The molecule has 0 saturated carbocycles. The van der Waals surface area contributed by atoms with Gasteiger partial charge in [-0.15, -0.1) is 0 Å². The van der Waals surface area contributed by atoms with Crippen molar-refractivity contribution in [3.05, 3.63) is 38.9 Å². The van der Waals surface area contributed by atoms with Crippen molar-refractivity contribution in [1.82, 2.24) is 4.90 Å². The fraction of sp³-hybridized carbons (Fsp3) is 0.417. The average Bonchev–Trinajstić information content (AvgIpc) is 2.33. The van der Waals surface area contributed by atoms with Crippen LogP contribution in [0.5, 0.6) is 0 Å². The van der Waals surface area contributed by atoms with Gasteiger partial charge < -0.3 is 5.11 Å². The third-order valence-electron chi connectivity index (χ3n) is 2.72. The Labute approximate surface area is 115 Å². The highest BCUT2D eigenvalue weighted by Gasteiger charge is 2.16. The molecular formula is C12H15ClN2O4. The first-order chi connectivity index (χ1) is 8.93. The third kappa shape index (κ3) is 4.84. The van der Waals surface area contributed by atoms with Crippen LogP contribution < -0.4 is 0 Å². The van der Waals surface area contributed by atoms with Crippen molar-refractivity contribution in [2.75, 3.05) is 13.1 Å². The number of carbonyl (C=O) groups is 1. The zero-order valence-corrected chi connectivity index (χ0v) is 11.3. The maximum absolute atomic E-state index is 10.9. The van der Waals surface area contributed by atoms with E-state index in [-0.39, 0.29) is 12.1 Å². The van der Waals surface area contributed by atoms with Crippen LogP contribution in [0.25, 0.3) is 0 Å². The molecule has 0 unspecified atom stereocenters. The number of halogens is 1. The van der Waals surface area contributed by atoms with Gasteiger partial charge in [-0.2, -0.15) is 0 Å². The van der Waals surface area contributed by atoms with Crippen LogP contribution in [0.15, 0.2) is 18.2 Å². The van der Waals surface area contributed by atoms with Gasteiger partial charge in [0.2, 0.25) is 0 Å². The lowest BCUT2D eigenvalue weighted by Crippen LogP contribution is -2.26. The molecule has 7 heteroatoms. The lowest BCUT2D eigenvalue weighted by Gasteiger charge is -2.19. The van der Waals surface area contributed by atoms with Gasteiger partial charge in [0.15, 0.2) is 0 Å². The number of carboxylic acids is 1. The summed E-state index contributed by atoms with van der Waals surface area (Å²) < 4.78 is 0. The summed E-state index contributed by atoms with van der Waals surface area (Å²) in [5, 5.41) is 20.0. The molecule has 0 fully saturated rings. The van der Waals surface area contributed by atoms with E-state index in [1.165, 1.54) is 12.1 Å². The van der Waals surface area contributed by atoms with Crippen LogP contribution in [0.1, 0.15) is 18.9 Å². The van der Waals surface area contributed by atoms with Crippen molar-refractivity contribution < 1.29 is 14.8 Å². The molecule has 1 aromatic carbocycles. The van der Waals surface area contributed by atoms with Gasteiger partial charge in [0.05, 0.1) is 11.3 Å². The van der Waals surface area contributed by atoms with Crippen molar-refractivity contribution in [2.45, 2.75) is 19.9 Å². The molecule has 19 heavy (non-hydrogen) atoms. The van der Waals surface area contributed by atoms with E-state index in [0.717, 1.165) is 0 Å². The molecule has 0 radical (unpaired) electrons. The molecule has 0 bridgehead atoms. The van der Waals surface area contributed by atoms with Crippen LogP contribution in [0, 0.1) is 10.1 Å². The summed E-state index contributed by atoms with van der Waals surface area (Å²) in [6, 6.07) is 4.38. The second kappa shape index (κ2) is 7.06. The molecule has 0 aliphatic rings. The molecule has 104 valence electrons. The number of nitro benzene ring substituents is 1. The topological polar surface area (TPSA) is 83.7 Å². The molecule has 6 nitrogen and oxygen atoms in total. The number of carboxylic acid groups (broad SMARTS) is 1. The van der Waals surface area contributed by atoms with E-state index in [0.29, 0.717) is 30.2 Å². The summed E-state index contributed by atoms with van der Waals surface area (Å²) in [4.78, 5) is 22.8. The van der Waals surface area contributed by atoms with Crippen molar-refractivity contribution in [2.24, 2.45) is 0 Å². The first-order valence-corrected chi connectivity index (χ1v) is 6.18. The van der Waals surface area contributed by atoms with Gasteiger partial charge in [-0.25, -0.2) is 0 Å². The second-order valence-electron chi connectivity index (χ2n) is 4.04. The molecule has 0 heterocycles. The van der Waals surface area contributed by atoms with E-state index in [9.17, 15) is 14.9 Å². The van der Waals surface area contributed by atoms with Gasteiger partial charge in [0.1, 0.15) is 0 Å². The van der Waals surface area contributed by atoms with E-state index >= 15 is 0 Å². The van der Waals surface area contributed by atoms with Crippen molar-refractivity contribution in [1.29, 1.82) is 0 Å². The molecule has 0 spiro atoms. The van der Waals surface area contributed by atoms with E-state index in [1.54, 1.807) is 6.07 Å². The first-order valence-electron chi connectivity index (χ1n) is 5.81. The Hall–Kier alpha value is -1.66. The minimum Gasteiger partial charge on any atom is -0.481 e. The molecule has 1 N–H and O–H groups in total. The molecule has 1 rings (SSSR count). The lowest BCUT2D eigenvalue weighted by molar-refractivity contribution is -0.385. The molecule has 0 aliphatic heterocycles. The SMILES string of the molecule is CCN(CCC(=O)O)Cc1cc(Cl)ccc1[N+](=O)[O-]. The molecule has 0 atom stereocenters. The molecule has 1 aromatic rings. The summed E-state index contributed by atoms with van der Waals surface area (Å²) in [6.45, 7) is 3.13. The van der Waals surface area contributed by atoms with Crippen LogP contribution >= 0.6 is 11.6 Å². The van der Waals surface area contributed by atoms with E-state index < -0.39 is 10.9 Å². The van der Waals surface area contributed by atoms with Crippen LogP contribution in [0.2, 0.25) is 5.02 Å². The van der Waals surface area contributed by atoms with Crippen LogP contribution in [0.3, 0.4) is 0 Å². The molecular weight excluding hydrogens is 272 g/mol. The second-order valence-corrected chi connectivity index (χ2v) is 4.48. The molecule has 0 aromatic heterocycles. The molecule has 0 saturated heterocycles. The smallest absolute Gasteiger partial charge is 0.304 e. The summed E-state index contributed by atoms with van der Waals surface area (Å²) >= 11 is 5.84. The number of nitro groups is 1. The standard InChI is InChI=1S/C12H15ClN2O4/c1-2-14(6-5-12(16)17)8-9-7-10(13)3-4-11(9)15(18)19/h3-4,7H,2,5-6,8H2,1H3,(H,16,17). The number of aliphatic carboxylic acids is 1. The number of rotatable bonds is 7. The normalized spacial score (nSPS) is 10.7. The Kier molecular flexibility index (Phi) is 5.72. The van der Waals surface area contributed by atoms with Crippen LogP contribution in [-0.2, 0) is 11.3 Å². The summed E-state index contributed by atoms with van der Waals surface area (Å²) in [5.74, 6) is -0.890. The van der Waals surface area contributed by atoms with Gasteiger partial charge in [-0.3, -0.25) is 19.8 Å². The minimum absolute atomic E-state index is 0.00169. The predicted octanol–water partition coefficient (Wildman–Crippen LogP) is 2.54. The number of hydrogen-bond acceptors (Lipinski definition) is 4. The minimum atomic E-state index is -0.890. The van der Waals surface area contributed by atoms with Crippen molar-refractivity contribution in [3.8, 4) is 0 Å². The van der Waals surface area contributed by atoms with E-state index in [1.807, 2.05) is 11.8 Å². The first kappa shape index (κ1) is 15.4. The maximum atomic E-state index is 10.9. The Morgan fingerprint density at radius 3 is 2.74 bits per heavy atom. The number of benzene rings is 1. The van der Waals surface area contributed by atoms with Crippen LogP contribution in [0.4, 0.5) is 5.69 Å². The molecule has 0 amide bonds. The van der Waals surface area contributed by atoms with Gasteiger partial charge in [0.25, 0.3) is 5.69 Å². The van der Waals surface area contributed by atoms with Crippen LogP contribution in [-0.4, -0.2) is 34.0 Å². The van der Waals surface area contributed by atoms with E-state index in [2.05, 4.69) is 0 Å². The Morgan fingerprint density at radius 2 is 2.21 bits per heavy atom. The van der Waals surface area contributed by atoms with Gasteiger partial charge in [0, 0.05) is 29.7 Å². The Morgan fingerprint density at radius 1 is 1.53 bits per heavy atom. The average molecular weight is 287 g/mol. The Balaban J connectivity index is 2.86. The zero-order chi connectivity index (χ0) is 14.4. The largest absolute Gasteiger partial charge is 0.481 e. The summed E-state index contributed by atoms with van der Waals surface area (Å²) in [7, 11) is 0. The van der Waals surface area contributed by atoms with Crippen molar-refractivity contribution >= 4 is 23.3 Å². The van der Waals surface area contributed by atoms with Gasteiger partial charge in [-0.1, -0.05) is 18.5 Å². The van der Waals surface area contributed by atoms with Crippen molar-refractivity contribution in [3.63, 3.8) is 0 Å². The maximum Gasteiger partial charge on any atom is 0.304 e. The fourth-order valence-electron chi connectivity index (χ4n) is 1.70. The summed E-state index contributed by atoms with van der Waals surface area (Å²) in [5.41, 5.74) is 0.489. The highest BCUT2D eigenvalue weighted by molar-refractivity contribution is 6.30. The predicted molar refractivity (Wildman–Crippen MR) is 71.3 cm³/mol. The summed E-state index contributed by atoms with van der Waals surface area (Å²) in [6.07, 6.45) is 0.00219. The van der Waals surface area contributed by atoms with E-state index in [4.69, 9.17) is 16.7 Å². The highest BCUT2D eigenvalue weighted by atomic mass is 35.5. The zero-order valence-electron chi connectivity index (χ0n) is 10.5. The number of hydrogen-bond donors (Lipinski definition) is 1. The third-order valence-corrected chi connectivity index (χ3v) is 2.96. The van der Waals surface area contributed by atoms with Gasteiger partial charge in [-0.05, 0) is 18.7 Å². The number of nitrogens with zero attached hydrogens (tertiary/aromatic N) is 2. The highest BCUT2D eigenvalue weighted by Crippen LogP contribution is 2.24. The monoisotopic (exact) mass is 286 g/mol. The lowest BCUT2D eigenvalue weighted by atomic mass is 10.1. The quantitative estimate of drug-likeness (QED) is 0.615. The Bertz CT molecular complexity index is 479.